The molecule has 78 valence electrons. The van der Waals surface area contributed by atoms with Crippen LogP contribution in [0.15, 0.2) is 18.2 Å². The minimum Gasteiger partial charge on any atom is -0.396 e. The first kappa shape index (κ1) is 11.0. The van der Waals surface area contributed by atoms with Crippen molar-refractivity contribution in [2.24, 2.45) is 0 Å². The van der Waals surface area contributed by atoms with Crippen molar-refractivity contribution in [1.29, 1.82) is 0 Å². The lowest BCUT2D eigenvalue weighted by atomic mass is 10.1. The zero-order valence-electron chi connectivity index (χ0n) is 8.80. The average molecular weight is 194 g/mol. The molecule has 14 heavy (non-hydrogen) atoms. The SMILES string of the molecule is CCNNc1ccc(CCO)cc1C. The lowest BCUT2D eigenvalue weighted by Gasteiger charge is -2.10. The molecule has 0 unspecified atom stereocenters. The molecule has 0 aliphatic rings. The first-order chi connectivity index (χ1) is 6.77. The van der Waals surface area contributed by atoms with Crippen molar-refractivity contribution in [2.75, 3.05) is 18.6 Å². The van der Waals surface area contributed by atoms with Gasteiger partial charge < -0.3 is 10.5 Å². The Morgan fingerprint density at radius 2 is 2.14 bits per heavy atom. The van der Waals surface area contributed by atoms with Gasteiger partial charge in [0.15, 0.2) is 0 Å². The summed E-state index contributed by atoms with van der Waals surface area (Å²) in [6.07, 6.45) is 0.725. The van der Waals surface area contributed by atoms with Crippen molar-refractivity contribution in [3.63, 3.8) is 0 Å². The Hall–Kier alpha value is -1.06. The summed E-state index contributed by atoms with van der Waals surface area (Å²) in [5.41, 5.74) is 9.63. The fraction of sp³-hybridized carbons (Fsp3) is 0.455. The number of benzene rings is 1. The summed E-state index contributed by atoms with van der Waals surface area (Å²) in [6, 6.07) is 6.15. The van der Waals surface area contributed by atoms with Gasteiger partial charge in [-0.05, 0) is 30.5 Å². The van der Waals surface area contributed by atoms with E-state index in [1.54, 1.807) is 0 Å². The summed E-state index contributed by atoms with van der Waals surface area (Å²) in [5.74, 6) is 0. The number of aliphatic hydroxyl groups is 1. The average Bonchev–Trinajstić information content (AvgIpc) is 2.17. The Labute approximate surface area is 85.1 Å². The molecule has 1 aromatic carbocycles. The molecule has 3 heteroatoms. The topological polar surface area (TPSA) is 44.3 Å². The molecule has 0 saturated heterocycles. The standard InChI is InChI=1S/C11H18N2O/c1-3-12-13-11-5-4-10(6-7-14)8-9(11)2/h4-5,8,12-14H,3,6-7H2,1-2H3. The monoisotopic (exact) mass is 194 g/mol. The van der Waals surface area contributed by atoms with Crippen LogP contribution in [0.5, 0.6) is 0 Å². The second-order valence-corrected chi connectivity index (χ2v) is 3.28. The van der Waals surface area contributed by atoms with Gasteiger partial charge in [-0.3, -0.25) is 0 Å². The molecular formula is C11H18N2O. The first-order valence-corrected chi connectivity index (χ1v) is 4.97. The smallest absolute Gasteiger partial charge is 0.0516 e. The fourth-order valence-corrected chi connectivity index (χ4v) is 1.33. The van der Waals surface area contributed by atoms with Gasteiger partial charge in [-0.25, -0.2) is 5.43 Å². The van der Waals surface area contributed by atoms with Crippen molar-refractivity contribution in [3.05, 3.63) is 29.3 Å². The maximum Gasteiger partial charge on any atom is 0.0516 e. The Balaban J connectivity index is 2.68. The lowest BCUT2D eigenvalue weighted by Crippen LogP contribution is -2.21. The third-order valence-electron chi connectivity index (χ3n) is 2.09. The summed E-state index contributed by atoms with van der Waals surface area (Å²) < 4.78 is 0. The highest BCUT2D eigenvalue weighted by atomic mass is 16.2. The molecule has 0 saturated carbocycles. The van der Waals surface area contributed by atoms with Crippen molar-refractivity contribution >= 4 is 5.69 Å². The first-order valence-electron chi connectivity index (χ1n) is 4.97. The van der Waals surface area contributed by atoms with Gasteiger partial charge in [0.2, 0.25) is 0 Å². The molecule has 0 spiro atoms. The minimum absolute atomic E-state index is 0.208. The second kappa shape index (κ2) is 5.62. The number of nitrogens with one attached hydrogen (secondary N) is 2. The van der Waals surface area contributed by atoms with Crippen LogP contribution in [0.2, 0.25) is 0 Å². The zero-order chi connectivity index (χ0) is 10.4. The zero-order valence-corrected chi connectivity index (χ0v) is 8.80. The van der Waals surface area contributed by atoms with E-state index in [-0.39, 0.29) is 6.61 Å². The van der Waals surface area contributed by atoms with Crippen molar-refractivity contribution in [3.8, 4) is 0 Å². The van der Waals surface area contributed by atoms with Crippen LogP contribution in [0.4, 0.5) is 5.69 Å². The van der Waals surface area contributed by atoms with Gasteiger partial charge in [-0.15, -0.1) is 0 Å². The van der Waals surface area contributed by atoms with Gasteiger partial charge in [0, 0.05) is 13.2 Å². The largest absolute Gasteiger partial charge is 0.396 e. The number of hydrazine groups is 1. The molecule has 0 bridgehead atoms. The maximum atomic E-state index is 8.79. The van der Waals surface area contributed by atoms with E-state index in [0.29, 0.717) is 0 Å². The van der Waals surface area contributed by atoms with Crippen LogP contribution in [0.25, 0.3) is 0 Å². The predicted octanol–water partition coefficient (Wildman–Crippen LogP) is 1.47. The van der Waals surface area contributed by atoms with Crippen molar-refractivity contribution in [1.82, 2.24) is 5.43 Å². The molecule has 0 fully saturated rings. The Kier molecular flexibility index (Phi) is 4.43. The third-order valence-corrected chi connectivity index (χ3v) is 2.09. The molecule has 0 amide bonds. The van der Waals surface area contributed by atoms with E-state index < -0.39 is 0 Å². The van der Waals surface area contributed by atoms with Gasteiger partial charge >= 0.3 is 0 Å². The van der Waals surface area contributed by atoms with E-state index >= 15 is 0 Å². The highest BCUT2D eigenvalue weighted by Gasteiger charge is 1.98. The van der Waals surface area contributed by atoms with E-state index in [1.807, 2.05) is 19.1 Å². The van der Waals surface area contributed by atoms with Crippen molar-refractivity contribution in [2.45, 2.75) is 20.3 Å². The molecule has 3 N–H and O–H groups in total. The highest BCUT2D eigenvalue weighted by molar-refractivity contribution is 5.51. The van der Waals surface area contributed by atoms with Crippen LogP contribution in [0.1, 0.15) is 18.1 Å². The number of aliphatic hydroxyl groups excluding tert-OH is 1. The third kappa shape index (κ3) is 3.01. The minimum atomic E-state index is 0.208. The van der Waals surface area contributed by atoms with Gasteiger partial charge in [-0.1, -0.05) is 19.1 Å². The van der Waals surface area contributed by atoms with E-state index in [9.17, 15) is 0 Å². The summed E-state index contributed by atoms with van der Waals surface area (Å²) in [7, 11) is 0. The number of anilines is 1. The Morgan fingerprint density at radius 3 is 2.71 bits per heavy atom. The fourth-order valence-electron chi connectivity index (χ4n) is 1.33. The van der Waals surface area contributed by atoms with Gasteiger partial charge in [0.05, 0.1) is 5.69 Å². The summed E-state index contributed by atoms with van der Waals surface area (Å²) in [4.78, 5) is 0. The molecule has 1 aromatic rings. The van der Waals surface area contributed by atoms with Crippen LogP contribution in [0, 0.1) is 6.92 Å². The number of hydrogen-bond donors (Lipinski definition) is 3. The Morgan fingerprint density at radius 1 is 1.36 bits per heavy atom. The van der Waals surface area contributed by atoms with E-state index in [2.05, 4.69) is 23.8 Å². The summed E-state index contributed by atoms with van der Waals surface area (Å²) >= 11 is 0. The quantitative estimate of drug-likeness (QED) is 0.622. The molecule has 0 radical (unpaired) electrons. The van der Waals surface area contributed by atoms with Gasteiger partial charge in [-0.2, -0.15) is 0 Å². The molecular weight excluding hydrogens is 176 g/mol. The number of aryl methyl sites for hydroxylation is 1. The molecule has 1 rings (SSSR count). The number of rotatable bonds is 5. The molecule has 3 nitrogen and oxygen atoms in total. The highest BCUT2D eigenvalue weighted by Crippen LogP contribution is 2.15. The van der Waals surface area contributed by atoms with Gasteiger partial charge in [0.1, 0.15) is 0 Å². The predicted molar refractivity (Wildman–Crippen MR) is 59.3 cm³/mol. The van der Waals surface area contributed by atoms with E-state index in [0.717, 1.165) is 18.7 Å². The molecule has 0 aromatic heterocycles. The van der Waals surface area contributed by atoms with Crippen molar-refractivity contribution < 1.29 is 5.11 Å². The lowest BCUT2D eigenvalue weighted by molar-refractivity contribution is 0.299. The van der Waals surface area contributed by atoms with Crippen LogP contribution >= 0.6 is 0 Å². The maximum absolute atomic E-state index is 8.79. The van der Waals surface area contributed by atoms with E-state index in [4.69, 9.17) is 5.11 Å². The van der Waals surface area contributed by atoms with Crippen LogP contribution in [-0.4, -0.2) is 18.3 Å². The van der Waals surface area contributed by atoms with Gasteiger partial charge in [0.25, 0.3) is 0 Å². The Bertz CT molecular complexity index is 287. The van der Waals surface area contributed by atoms with Crippen LogP contribution in [-0.2, 0) is 6.42 Å². The normalized spacial score (nSPS) is 10.2. The number of hydrogen-bond acceptors (Lipinski definition) is 3. The molecule has 0 atom stereocenters. The molecule has 0 aliphatic heterocycles. The summed E-state index contributed by atoms with van der Waals surface area (Å²) in [6.45, 7) is 5.19. The van der Waals surface area contributed by atoms with E-state index in [1.165, 1.54) is 11.1 Å². The second-order valence-electron chi connectivity index (χ2n) is 3.28. The van der Waals surface area contributed by atoms with Crippen LogP contribution < -0.4 is 10.9 Å². The molecule has 0 heterocycles. The summed E-state index contributed by atoms with van der Waals surface area (Å²) in [5, 5.41) is 8.79. The molecule has 0 aliphatic carbocycles. The van der Waals surface area contributed by atoms with Crippen LogP contribution in [0.3, 0.4) is 0 Å².